The third-order valence-electron chi connectivity index (χ3n) is 5.06. The van der Waals surface area contributed by atoms with Crippen molar-refractivity contribution in [3.8, 4) is 11.8 Å². The number of likely N-dealkylation sites (N-methyl/N-ethyl adjacent to an activating group) is 1. The molecule has 0 aliphatic carbocycles. The van der Waals surface area contributed by atoms with Crippen LogP contribution in [0.1, 0.15) is 35.4 Å². The van der Waals surface area contributed by atoms with Gasteiger partial charge in [0.1, 0.15) is 11.6 Å². The van der Waals surface area contributed by atoms with E-state index >= 15 is 0 Å². The van der Waals surface area contributed by atoms with Gasteiger partial charge in [-0.3, -0.25) is 0 Å². The van der Waals surface area contributed by atoms with E-state index in [0.717, 1.165) is 44.6 Å². The Morgan fingerprint density at radius 1 is 1.29 bits per heavy atom. The normalized spacial score (nSPS) is 12.4. The number of aromatic amines is 2. The van der Waals surface area contributed by atoms with E-state index in [0.29, 0.717) is 18.7 Å². The Balaban J connectivity index is 1.93. The summed E-state index contributed by atoms with van der Waals surface area (Å²) < 4.78 is 6.03. The first-order chi connectivity index (χ1) is 13.7. The van der Waals surface area contributed by atoms with Gasteiger partial charge in [0.05, 0.1) is 35.2 Å². The minimum Gasteiger partial charge on any atom is -0.494 e. The molecule has 0 aliphatic rings. The minimum absolute atomic E-state index is 0.0246. The zero-order valence-corrected chi connectivity index (χ0v) is 16.3. The van der Waals surface area contributed by atoms with Gasteiger partial charge in [0.2, 0.25) is 0 Å². The smallest absolute Gasteiger partial charge is 0.124 e. The summed E-state index contributed by atoms with van der Waals surface area (Å²) in [5, 5.41) is 13.6. The maximum absolute atomic E-state index is 9.17. The van der Waals surface area contributed by atoms with Gasteiger partial charge in [0.15, 0.2) is 0 Å². The van der Waals surface area contributed by atoms with E-state index in [1.54, 1.807) is 6.07 Å². The number of imidazole rings is 1. The van der Waals surface area contributed by atoms with Crippen LogP contribution in [0.5, 0.6) is 5.75 Å². The average molecular weight is 373 g/mol. The third-order valence-corrected chi connectivity index (χ3v) is 5.06. The standard InChI is InChI=1S/C22H23N5O/c1-4-28-19-9-13(2)21-15(7-8-25-21)20(19)16(12-24-3)22-26-17-6-5-14(11-23)10-18(17)27-22/h5-10,16,24-25H,4,12H2,1-3H3,(H,26,27). The van der Waals surface area contributed by atoms with Crippen molar-refractivity contribution in [2.75, 3.05) is 20.2 Å². The third kappa shape index (κ3) is 3.00. The molecule has 6 nitrogen and oxygen atoms in total. The molecular weight excluding hydrogens is 350 g/mol. The molecule has 4 aromatic rings. The molecule has 2 heterocycles. The molecule has 6 heteroatoms. The summed E-state index contributed by atoms with van der Waals surface area (Å²) in [5.74, 6) is 1.71. The van der Waals surface area contributed by atoms with E-state index in [4.69, 9.17) is 9.72 Å². The van der Waals surface area contributed by atoms with Crippen molar-refractivity contribution in [2.45, 2.75) is 19.8 Å². The molecule has 0 bridgehead atoms. The highest BCUT2D eigenvalue weighted by Gasteiger charge is 2.25. The van der Waals surface area contributed by atoms with E-state index in [1.807, 2.05) is 32.3 Å². The van der Waals surface area contributed by atoms with Gasteiger partial charge in [-0.1, -0.05) is 0 Å². The number of nitrogens with one attached hydrogen (secondary N) is 3. The number of aryl methyl sites for hydroxylation is 1. The molecule has 0 radical (unpaired) electrons. The predicted molar refractivity (Wildman–Crippen MR) is 111 cm³/mol. The molecule has 0 spiro atoms. The number of benzene rings is 2. The SMILES string of the molecule is CCOc1cc(C)c2[nH]ccc2c1C(CNC)c1nc2cc(C#N)ccc2[nH]1. The van der Waals surface area contributed by atoms with Crippen molar-refractivity contribution in [1.29, 1.82) is 5.26 Å². The van der Waals surface area contributed by atoms with Gasteiger partial charge >= 0.3 is 0 Å². The van der Waals surface area contributed by atoms with E-state index < -0.39 is 0 Å². The molecule has 0 aliphatic heterocycles. The topological polar surface area (TPSA) is 89.5 Å². The van der Waals surface area contributed by atoms with Crippen LogP contribution in [-0.4, -0.2) is 35.2 Å². The Morgan fingerprint density at radius 2 is 2.14 bits per heavy atom. The number of hydrogen-bond acceptors (Lipinski definition) is 4. The summed E-state index contributed by atoms with van der Waals surface area (Å²) in [6.07, 6.45) is 1.96. The molecule has 0 fully saturated rings. The summed E-state index contributed by atoms with van der Waals surface area (Å²) >= 11 is 0. The maximum Gasteiger partial charge on any atom is 0.124 e. The summed E-state index contributed by atoms with van der Waals surface area (Å²) in [6.45, 7) is 5.38. The Labute approximate surface area is 163 Å². The zero-order valence-electron chi connectivity index (χ0n) is 16.3. The molecule has 4 rings (SSSR count). The van der Waals surface area contributed by atoms with Crippen molar-refractivity contribution in [2.24, 2.45) is 0 Å². The number of aromatic nitrogens is 3. The van der Waals surface area contributed by atoms with Gasteiger partial charge in [-0.05, 0) is 56.8 Å². The van der Waals surface area contributed by atoms with Gasteiger partial charge in [-0.2, -0.15) is 5.26 Å². The molecule has 0 saturated heterocycles. The highest BCUT2D eigenvalue weighted by atomic mass is 16.5. The number of nitrogens with zero attached hydrogens (tertiary/aromatic N) is 2. The Kier molecular flexibility index (Phi) is 4.76. The number of hydrogen-bond donors (Lipinski definition) is 3. The lowest BCUT2D eigenvalue weighted by atomic mass is 9.92. The van der Waals surface area contributed by atoms with Crippen molar-refractivity contribution < 1.29 is 4.74 Å². The molecule has 2 aromatic heterocycles. The van der Waals surface area contributed by atoms with E-state index in [-0.39, 0.29) is 5.92 Å². The summed E-state index contributed by atoms with van der Waals surface area (Å²) in [6, 6.07) is 11.9. The molecule has 3 N–H and O–H groups in total. The van der Waals surface area contributed by atoms with Crippen LogP contribution in [0.3, 0.4) is 0 Å². The van der Waals surface area contributed by atoms with Gasteiger partial charge in [-0.25, -0.2) is 4.98 Å². The van der Waals surface area contributed by atoms with E-state index in [1.165, 1.54) is 0 Å². The number of ether oxygens (including phenoxy) is 1. The fraction of sp³-hybridized carbons (Fsp3) is 0.273. The first-order valence-corrected chi connectivity index (χ1v) is 9.44. The van der Waals surface area contributed by atoms with Crippen LogP contribution in [0.15, 0.2) is 36.5 Å². The molecular formula is C22H23N5O. The minimum atomic E-state index is -0.0246. The van der Waals surface area contributed by atoms with Crippen LogP contribution in [0.4, 0.5) is 0 Å². The second kappa shape index (κ2) is 7.37. The fourth-order valence-corrected chi connectivity index (χ4v) is 3.83. The van der Waals surface area contributed by atoms with E-state index in [9.17, 15) is 5.26 Å². The lowest BCUT2D eigenvalue weighted by Crippen LogP contribution is -2.20. The average Bonchev–Trinajstić information content (AvgIpc) is 3.34. The fourth-order valence-electron chi connectivity index (χ4n) is 3.83. The molecule has 2 aromatic carbocycles. The van der Waals surface area contributed by atoms with Gasteiger partial charge in [0.25, 0.3) is 0 Å². The first-order valence-electron chi connectivity index (χ1n) is 9.44. The van der Waals surface area contributed by atoms with E-state index in [2.05, 4.69) is 40.4 Å². The highest BCUT2D eigenvalue weighted by molar-refractivity contribution is 5.89. The van der Waals surface area contributed by atoms with Crippen LogP contribution in [-0.2, 0) is 0 Å². The van der Waals surface area contributed by atoms with Crippen LogP contribution in [0.2, 0.25) is 0 Å². The summed E-state index contributed by atoms with van der Waals surface area (Å²) in [7, 11) is 1.94. The molecule has 1 atom stereocenters. The number of rotatable bonds is 6. The predicted octanol–water partition coefficient (Wildman–Crippen LogP) is 3.97. The second-order valence-electron chi connectivity index (χ2n) is 6.88. The van der Waals surface area contributed by atoms with Crippen LogP contribution in [0, 0.1) is 18.3 Å². The zero-order chi connectivity index (χ0) is 19.7. The Hall–Kier alpha value is -3.30. The van der Waals surface area contributed by atoms with Crippen molar-refractivity contribution in [1.82, 2.24) is 20.3 Å². The monoisotopic (exact) mass is 373 g/mol. The highest BCUT2D eigenvalue weighted by Crippen LogP contribution is 2.38. The number of fused-ring (bicyclic) bond motifs is 2. The Bertz CT molecular complexity index is 1180. The lowest BCUT2D eigenvalue weighted by molar-refractivity contribution is 0.335. The molecule has 28 heavy (non-hydrogen) atoms. The molecule has 1 unspecified atom stereocenters. The maximum atomic E-state index is 9.17. The van der Waals surface area contributed by atoms with Crippen molar-refractivity contribution in [3.63, 3.8) is 0 Å². The molecule has 142 valence electrons. The number of nitriles is 1. The lowest BCUT2D eigenvalue weighted by Gasteiger charge is -2.21. The first kappa shape index (κ1) is 18.1. The van der Waals surface area contributed by atoms with Crippen LogP contribution >= 0.6 is 0 Å². The van der Waals surface area contributed by atoms with Gasteiger partial charge in [-0.15, -0.1) is 0 Å². The molecule has 0 amide bonds. The van der Waals surface area contributed by atoms with Crippen molar-refractivity contribution in [3.05, 3.63) is 59.0 Å². The van der Waals surface area contributed by atoms with Crippen molar-refractivity contribution >= 4 is 21.9 Å². The summed E-state index contributed by atoms with van der Waals surface area (Å²) in [4.78, 5) is 11.6. The van der Waals surface area contributed by atoms with Gasteiger partial charge in [0, 0.05) is 29.2 Å². The van der Waals surface area contributed by atoms with Crippen LogP contribution in [0.25, 0.3) is 21.9 Å². The second-order valence-corrected chi connectivity index (χ2v) is 6.88. The summed E-state index contributed by atoms with van der Waals surface area (Å²) in [5.41, 5.74) is 5.70. The quantitative estimate of drug-likeness (QED) is 0.477. The largest absolute Gasteiger partial charge is 0.494 e. The van der Waals surface area contributed by atoms with Gasteiger partial charge < -0.3 is 20.0 Å². The molecule has 0 saturated carbocycles. The van der Waals surface area contributed by atoms with Crippen LogP contribution < -0.4 is 10.1 Å². The Morgan fingerprint density at radius 3 is 2.89 bits per heavy atom. The number of H-pyrrole nitrogens is 2.